The Balaban J connectivity index is 1.55. The van der Waals surface area contributed by atoms with E-state index < -0.39 is 35.4 Å². The van der Waals surface area contributed by atoms with Gasteiger partial charge in [0.05, 0.1) is 11.3 Å². The van der Waals surface area contributed by atoms with Crippen LogP contribution >= 0.6 is 0 Å². The van der Waals surface area contributed by atoms with Gasteiger partial charge in [0.2, 0.25) is 5.91 Å². The molecule has 1 unspecified atom stereocenters. The molecule has 4 rings (SSSR count). The number of nitrogens with zero attached hydrogens (tertiary/aromatic N) is 1. The molecule has 3 aromatic carbocycles. The molecule has 1 heterocycles. The van der Waals surface area contributed by atoms with Gasteiger partial charge in [0.25, 0.3) is 5.91 Å². The number of carbonyl (C=O) groups excluding carboxylic acids is 2. The third kappa shape index (κ3) is 5.29. The van der Waals surface area contributed by atoms with E-state index in [4.69, 9.17) is 0 Å². The highest BCUT2D eigenvalue weighted by Crippen LogP contribution is 2.36. The Morgan fingerprint density at radius 3 is 2.31 bits per heavy atom. The van der Waals surface area contributed by atoms with Crippen LogP contribution in [-0.4, -0.2) is 24.4 Å². The Morgan fingerprint density at radius 2 is 1.60 bits per heavy atom. The van der Waals surface area contributed by atoms with Crippen molar-refractivity contribution in [2.75, 3.05) is 22.1 Å². The number of para-hydroxylation sites is 1. The second-order valence-corrected chi connectivity index (χ2v) is 8.27. The van der Waals surface area contributed by atoms with Crippen molar-refractivity contribution in [2.24, 2.45) is 0 Å². The smallest absolute Gasteiger partial charge is 0.359 e. The lowest BCUT2D eigenvalue weighted by atomic mass is 9.97. The number of alkyl halides is 3. The summed E-state index contributed by atoms with van der Waals surface area (Å²) in [7, 11) is 0. The number of halogens is 4. The Bertz CT molecular complexity index is 1240. The minimum absolute atomic E-state index is 0.297. The zero-order valence-corrected chi connectivity index (χ0v) is 18.8. The second kappa shape index (κ2) is 9.77. The zero-order valence-electron chi connectivity index (χ0n) is 18.8. The quantitative estimate of drug-likeness (QED) is 0.444. The fourth-order valence-electron chi connectivity index (χ4n) is 4.19. The summed E-state index contributed by atoms with van der Waals surface area (Å²) in [5.41, 5.74) is 1.20. The maximum atomic E-state index is 13.3. The van der Waals surface area contributed by atoms with E-state index in [0.717, 1.165) is 17.3 Å². The van der Waals surface area contributed by atoms with Gasteiger partial charge in [-0.1, -0.05) is 18.2 Å². The van der Waals surface area contributed by atoms with Crippen LogP contribution in [0, 0.1) is 5.82 Å². The first-order chi connectivity index (χ1) is 16.6. The minimum atomic E-state index is -4.59. The van der Waals surface area contributed by atoms with Gasteiger partial charge in [0.1, 0.15) is 11.9 Å². The fourth-order valence-corrected chi connectivity index (χ4v) is 4.19. The van der Waals surface area contributed by atoms with Crippen molar-refractivity contribution in [1.29, 1.82) is 0 Å². The SMILES string of the molecule is CC(C(=O)Nc1ccccc1C(F)(F)F)N1CCCc2c(NC(=O)c3ccc(F)cc3)cccc21. The van der Waals surface area contributed by atoms with Crippen LogP contribution in [-0.2, 0) is 17.4 Å². The van der Waals surface area contributed by atoms with Crippen LogP contribution in [0.2, 0.25) is 0 Å². The summed E-state index contributed by atoms with van der Waals surface area (Å²) in [5.74, 6) is -1.42. The van der Waals surface area contributed by atoms with Crippen LogP contribution in [0.1, 0.15) is 34.8 Å². The summed E-state index contributed by atoms with van der Waals surface area (Å²) in [6.45, 7) is 2.16. The average Bonchev–Trinajstić information content (AvgIpc) is 2.83. The fraction of sp³-hybridized carbons (Fsp3) is 0.231. The molecule has 182 valence electrons. The molecule has 0 spiro atoms. The lowest BCUT2D eigenvalue weighted by Gasteiger charge is -2.36. The summed E-state index contributed by atoms with van der Waals surface area (Å²) in [5, 5.41) is 5.26. The van der Waals surface area contributed by atoms with Crippen molar-refractivity contribution >= 4 is 28.9 Å². The molecule has 1 atom stereocenters. The van der Waals surface area contributed by atoms with Crippen LogP contribution in [0.4, 0.5) is 34.6 Å². The Labute approximate surface area is 199 Å². The number of anilines is 3. The van der Waals surface area contributed by atoms with Crippen molar-refractivity contribution in [3.63, 3.8) is 0 Å². The first-order valence-electron chi connectivity index (χ1n) is 11.1. The molecule has 3 aromatic rings. The van der Waals surface area contributed by atoms with Crippen LogP contribution < -0.4 is 15.5 Å². The molecular formula is C26H23F4N3O2. The lowest BCUT2D eigenvalue weighted by molar-refractivity contribution is -0.137. The number of nitrogens with one attached hydrogen (secondary N) is 2. The van der Waals surface area contributed by atoms with Crippen LogP contribution in [0.25, 0.3) is 0 Å². The van der Waals surface area contributed by atoms with E-state index in [2.05, 4.69) is 10.6 Å². The average molecular weight is 485 g/mol. The molecule has 0 fully saturated rings. The van der Waals surface area contributed by atoms with Gasteiger partial charge in [-0.25, -0.2) is 4.39 Å². The van der Waals surface area contributed by atoms with Gasteiger partial charge in [-0.05, 0) is 73.9 Å². The summed E-state index contributed by atoms with van der Waals surface area (Å²) < 4.78 is 53.2. The maximum Gasteiger partial charge on any atom is 0.418 e. The topological polar surface area (TPSA) is 61.4 Å². The number of rotatable bonds is 5. The highest BCUT2D eigenvalue weighted by Gasteiger charge is 2.34. The van der Waals surface area contributed by atoms with E-state index >= 15 is 0 Å². The predicted octanol–water partition coefficient (Wildman–Crippen LogP) is 5.88. The maximum absolute atomic E-state index is 13.3. The molecular weight excluding hydrogens is 462 g/mol. The van der Waals surface area contributed by atoms with E-state index in [0.29, 0.717) is 30.6 Å². The Hall–Kier alpha value is -3.88. The van der Waals surface area contributed by atoms with Crippen LogP contribution in [0.3, 0.4) is 0 Å². The van der Waals surface area contributed by atoms with Crippen molar-refractivity contribution < 1.29 is 27.2 Å². The first-order valence-corrected chi connectivity index (χ1v) is 11.1. The van der Waals surface area contributed by atoms with Gasteiger partial charge in [-0.15, -0.1) is 0 Å². The molecule has 0 saturated heterocycles. The highest BCUT2D eigenvalue weighted by molar-refractivity contribution is 6.05. The van der Waals surface area contributed by atoms with Crippen molar-refractivity contribution in [1.82, 2.24) is 0 Å². The number of benzene rings is 3. The standard InChI is InChI=1S/C26H23F4N3O2/c1-16(24(34)32-22-8-3-2-7-20(22)26(28,29)30)33-15-5-6-19-21(9-4-10-23(19)33)31-25(35)17-11-13-18(27)14-12-17/h2-4,7-14,16H,5-6,15H2,1H3,(H,31,35)(H,32,34). The van der Waals surface area contributed by atoms with Gasteiger partial charge in [-0.2, -0.15) is 13.2 Å². The molecule has 1 aliphatic heterocycles. The summed E-state index contributed by atoms with van der Waals surface area (Å²) in [6.07, 6.45) is -3.26. The van der Waals surface area contributed by atoms with Crippen molar-refractivity contribution in [3.05, 3.63) is 89.2 Å². The molecule has 5 nitrogen and oxygen atoms in total. The molecule has 0 bridgehead atoms. The van der Waals surface area contributed by atoms with Crippen molar-refractivity contribution in [2.45, 2.75) is 32.0 Å². The number of hydrogen-bond acceptors (Lipinski definition) is 3. The first kappa shape index (κ1) is 24.3. The Kier molecular flexibility index (Phi) is 6.77. The third-order valence-corrected chi connectivity index (χ3v) is 5.98. The molecule has 9 heteroatoms. The van der Waals surface area contributed by atoms with Gasteiger partial charge in [0, 0.05) is 23.5 Å². The van der Waals surface area contributed by atoms with Crippen molar-refractivity contribution in [3.8, 4) is 0 Å². The number of fused-ring (bicyclic) bond motifs is 1. The summed E-state index contributed by atoms with van der Waals surface area (Å²) >= 11 is 0. The van der Waals surface area contributed by atoms with Gasteiger partial charge >= 0.3 is 6.18 Å². The molecule has 35 heavy (non-hydrogen) atoms. The predicted molar refractivity (Wildman–Crippen MR) is 126 cm³/mol. The normalized spacial score (nSPS) is 14.1. The second-order valence-electron chi connectivity index (χ2n) is 8.27. The number of amides is 2. The number of carbonyl (C=O) groups is 2. The van der Waals surface area contributed by atoms with Gasteiger partial charge < -0.3 is 15.5 Å². The molecule has 0 aliphatic carbocycles. The van der Waals surface area contributed by atoms with Crippen LogP contribution in [0.15, 0.2) is 66.7 Å². The monoisotopic (exact) mass is 485 g/mol. The number of hydrogen-bond donors (Lipinski definition) is 2. The zero-order chi connectivity index (χ0) is 25.2. The van der Waals surface area contributed by atoms with E-state index in [9.17, 15) is 27.2 Å². The Morgan fingerprint density at radius 1 is 0.914 bits per heavy atom. The molecule has 2 N–H and O–H groups in total. The molecule has 0 aromatic heterocycles. The molecule has 1 aliphatic rings. The summed E-state index contributed by atoms with van der Waals surface area (Å²) in [6, 6.07) is 14.6. The molecule has 0 saturated carbocycles. The van der Waals surface area contributed by atoms with Gasteiger partial charge in [0.15, 0.2) is 0 Å². The highest BCUT2D eigenvalue weighted by atomic mass is 19.4. The molecule has 0 radical (unpaired) electrons. The van der Waals surface area contributed by atoms with E-state index in [1.54, 1.807) is 19.1 Å². The van der Waals surface area contributed by atoms with E-state index in [1.807, 2.05) is 11.0 Å². The van der Waals surface area contributed by atoms with Gasteiger partial charge in [-0.3, -0.25) is 9.59 Å². The van der Waals surface area contributed by atoms with Crippen LogP contribution in [0.5, 0.6) is 0 Å². The largest absolute Gasteiger partial charge is 0.418 e. The van der Waals surface area contributed by atoms with E-state index in [1.165, 1.54) is 42.5 Å². The minimum Gasteiger partial charge on any atom is -0.359 e. The lowest BCUT2D eigenvalue weighted by Crippen LogP contribution is -2.45. The summed E-state index contributed by atoms with van der Waals surface area (Å²) in [4.78, 5) is 27.4. The van der Waals surface area contributed by atoms with E-state index in [-0.39, 0.29) is 5.69 Å². The molecule has 2 amide bonds. The third-order valence-electron chi connectivity index (χ3n) is 5.98.